The molecule has 0 amide bonds. The maximum Gasteiger partial charge on any atom is 0.338 e. The van der Waals surface area contributed by atoms with Gasteiger partial charge < -0.3 is 28.8 Å². The molecule has 2 unspecified atom stereocenters. The fourth-order valence-corrected chi connectivity index (χ4v) is 9.17. The predicted molar refractivity (Wildman–Crippen MR) is 147 cm³/mol. The second kappa shape index (κ2) is 8.63. The van der Waals surface area contributed by atoms with Crippen LogP contribution < -0.4 is 0 Å². The van der Waals surface area contributed by atoms with Gasteiger partial charge in [0.2, 0.25) is 5.79 Å². The molecular weight excluding hydrogens is 524 g/mol. The number of aliphatic hydroxyl groups is 1. The van der Waals surface area contributed by atoms with Crippen molar-refractivity contribution < 1.29 is 38.4 Å². The van der Waals surface area contributed by atoms with Gasteiger partial charge in [-0.3, -0.25) is 0 Å². The maximum atomic E-state index is 13.3. The summed E-state index contributed by atoms with van der Waals surface area (Å²) in [6, 6.07) is 17.9. The Morgan fingerprint density at radius 2 is 1.49 bits per heavy atom. The van der Waals surface area contributed by atoms with E-state index in [1.165, 1.54) is 0 Å². The predicted octanol–water partition coefficient (Wildman–Crippen LogP) is 4.75. The van der Waals surface area contributed by atoms with Crippen molar-refractivity contribution >= 4 is 11.9 Å². The van der Waals surface area contributed by atoms with Crippen LogP contribution in [0, 0.1) is 29.1 Å². The van der Waals surface area contributed by atoms with Gasteiger partial charge in [0, 0.05) is 23.7 Å². The Morgan fingerprint density at radius 1 is 0.878 bits per heavy atom. The minimum absolute atomic E-state index is 0.0122. The summed E-state index contributed by atoms with van der Waals surface area (Å²) < 4.78 is 31.7. The molecule has 8 nitrogen and oxygen atoms in total. The van der Waals surface area contributed by atoms with Crippen LogP contribution in [0.1, 0.15) is 68.2 Å². The molecule has 2 saturated carbocycles. The zero-order chi connectivity index (χ0) is 29.0. The van der Waals surface area contributed by atoms with E-state index in [-0.39, 0.29) is 30.3 Å². The second-order valence-electron chi connectivity index (χ2n) is 13.3. The van der Waals surface area contributed by atoms with Gasteiger partial charge in [-0.05, 0) is 49.4 Å². The molecule has 0 bridgehead atoms. The van der Waals surface area contributed by atoms with Gasteiger partial charge in [0.1, 0.15) is 30.0 Å². The van der Waals surface area contributed by atoms with Gasteiger partial charge in [0.05, 0.1) is 11.1 Å². The maximum absolute atomic E-state index is 13.3. The summed E-state index contributed by atoms with van der Waals surface area (Å²) in [5.74, 6) is -4.06. The molecule has 2 spiro atoms. The number of fused-ring (bicyclic) bond motifs is 3. The summed E-state index contributed by atoms with van der Waals surface area (Å²) >= 11 is 0. The smallest absolute Gasteiger partial charge is 0.338 e. The first-order chi connectivity index (χ1) is 19.4. The van der Waals surface area contributed by atoms with Crippen molar-refractivity contribution in [3.05, 3.63) is 71.8 Å². The van der Waals surface area contributed by atoms with E-state index in [1.54, 1.807) is 36.4 Å². The molecule has 2 aliphatic carbocycles. The van der Waals surface area contributed by atoms with Crippen LogP contribution in [0.15, 0.2) is 60.7 Å². The molecule has 3 heterocycles. The van der Waals surface area contributed by atoms with Gasteiger partial charge >= 0.3 is 11.9 Å². The van der Waals surface area contributed by atoms with Crippen LogP contribution in [-0.4, -0.2) is 58.6 Å². The number of esters is 2. The first kappa shape index (κ1) is 27.1. The summed E-state index contributed by atoms with van der Waals surface area (Å²) in [5.41, 5.74) is -1.18. The molecule has 7 rings (SSSR count). The third-order valence-corrected chi connectivity index (χ3v) is 11.2. The monoisotopic (exact) mass is 562 g/mol. The highest BCUT2D eigenvalue weighted by molar-refractivity contribution is 5.90. The molecule has 41 heavy (non-hydrogen) atoms. The van der Waals surface area contributed by atoms with Crippen molar-refractivity contribution in [3.8, 4) is 0 Å². The molecule has 5 fully saturated rings. The van der Waals surface area contributed by atoms with E-state index in [0.717, 1.165) is 0 Å². The van der Waals surface area contributed by atoms with Crippen LogP contribution in [0.2, 0.25) is 0 Å². The Kier molecular flexibility index (Phi) is 5.70. The van der Waals surface area contributed by atoms with Gasteiger partial charge in [0.15, 0.2) is 5.79 Å². The number of carbonyl (C=O) groups excluding carboxylic acids is 2. The Hall–Kier alpha value is -2.78. The lowest BCUT2D eigenvalue weighted by Gasteiger charge is -2.42. The summed E-state index contributed by atoms with van der Waals surface area (Å²) in [7, 11) is 0. The highest BCUT2D eigenvalue weighted by atomic mass is 16.8. The van der Waals surface area contributed by atoms with Gasteiger partial charge in [0.25, 0.3) is 0 Å². The SMILES string of the molecule is CC1C(C)[C@]23O[C@H]2[C@]2(O)O[C@@]4(CC[C@@](C)(COC(=O)c5ccccc5)O4)[C@@H](C)[C@@H]2[C@@]3(C)[C@@H]1OC(=O)c1ccccc1. The van der Waals surface area contributed by atoms with E-state index in [0.29, 0.717) is 24.0 Å². The summed E-state index contributed by atoms with van der Waals surface area (Å²) in [5, 5.41) is 12.3. The molecule has 218 valence electrons. The highest BCUT2D eigenvalue weighted by Gasteiger charge is 2.95. The minimum atomic E-state index is -1.59. The standard InChI is InChI=1S/C33H38O8/c1-19-20(2)32-28(39-32)33(36)24(30(32,5)25(19)38-27(35)23-14-10-7-11-15-23)21(3)31(41-33)17-16-29(4,40-31)18-37-26(34)22-12-8-6-9-13-22/h6-15,19-21,24-25,28,36H,16-18H2,1-5H3/t19?,20?,21-,24+,25+,28+,29-,30-,31-,32-,33+/m0/s1. The van der Waals surface area contributed by atoms with Crippen molar-refractivity contribution in [3.63, 3.8) is 0 Å². The Balaban J connectivity index is 1.15. The molecule has 0 radical (unpaired) electrons. The number of ether oxygens (including phenoxy) is 5. The zero-order valence-electron chi connectivity index (χ0n) is 24.2. The zero-order valence-corrected chi connectivity index (χ0v) is 24.2. The average Bonchev–Trinajstić information content (AvgIpc) is 3.52. The number of benzene rings is 2. The lowest BCUT2D eigenvalue weighted by atomic mass is 9.65. The van der Waals surface area contributed by atoms with E-state index in [4.69, 9.17) is 23.7 Å². The van der Waals surface area contributed by atoms with Crippen LogP contribution >= 0.6 is 0 Å². The van der Waals surface area contributed by atoms with Crippen molar-refractivity contribution in [2.75, 3.05) is 6.61 Å². The van der Waals surface area contributed by atoms with Gasteiger partial charge in [-0.2, -0.15) is 0 Å². The summed E-state index contributed by atoms with van der Waals surface area (Å²) in [6.45, 7) is 10.3. The molecular formula is C33H38O8. The molecule has 3 saturated heterocycles. The molecule has 8 heteroatoms. The van der Waals surface area contributed by atoms with Gasteiger partial charge in [-0.25, -0.2) is 9.59 Å². The van der Waals surface area contributed by atoms with E-state index >= 15 is 0 Å². The normalized spacial score (nSPS) is 47.1. The second-order valence-corrected chi connectivity index (χ2v) is 13.3. The van der Waals surface area contributed by atoms with Crippen molar-refractivity contribution in [2.24, 2.45) is 29.1 Å². The Labute approximate surface area is 240 Å². The molecule has 0 aromatic heterocycles. The molecule has 2 aromatic rings. The van der Waals surface area contributed by atoms with Crippen molar-refractivity contribution in [2.45, 2.75) is 82.4 Å². The van der Waals surface area contributed by atoms with E-state index < -0.39 is 52.3 Å². The van der Waals surface area contributed by atoms with E-state index in [1.807, 2.05) is 31.2 Å². The fraction of sp³-hybridized carbons (Fsp3) is 0.576. The Bertz CT molecular complexity index is 1380. The third kappa shape index (κ3) is 3.42. The lowest BCUT2D eigenvalue weighted by Crippen LogP contribution is -2.51. The average molecular weight is 563 g/mol. The minimum Gasteiger partial charge on any atom is -0.459 e. The topological polar surface area (TPSA) is 104 Å². The molecule has 3 aliphatic heterocycles. The quantitative estimate of drug-likeness (QED) is 0.412. The molecule has 11 atom stereocenters. The lowest BCUT2D eigenvalue weighted by molar-refractivity contribution is -0.327. The van der Waals surface area contributed by atoms with Crippen LogP contribution in [0.5, 0.6) is 0 Å². The van der Waals surface area contributed by atoms with Crippen LogP contribution in [0.3, 0.4) is 0 Å². The molecule has 1 N–H and O–H groups in total. The highest BCUT2D eigenvalue weighted by Crippen LogP contribution is 2.81. The molecule has 2 aromatic carbocycles. The van der Waals surface area contributed by atoms with Crippen molar-refractivity contribution in [1.82, 2.24) is 0 Å². The van der Waals surface area contributed by atoms with Gasteiger partial charge in [-0.15, -0.1) is 0 Å². The fourth-order valence-electron chi connectivity index (χ4n) is 9.17. The van der Waals surface area contributed by atoms with Crippen LogP contribution in [0.25, 0.3) is 0 Å². The summed E-state index contributed by atoms with van der Waals surface area (Å²) in [4.78, 5) is 25.9. The first-order valence-electron chi connectivity index (χ1n) is 14.7. The van der Waals surface area contributed by atoms with Crippen molar-refractivity contribution in [1.29, 1.82) is 0 Å². The van der Waals surface area contributed by atoms with Crippen LogP contribution in [-0.2, 0) is 23.7 Å². The first-order valence-corrected chi connectivity index (χ1v) is 14.7. The molecule has 5 aliphatic rings. The number of carbonyl (C=O) groups is 2. The Morgan fingerprint density at radius 3 is 2.12 bits per heavy atom. The summed E-state index contributed by atoms with van der Waals surface area (Å²) in [6.07, 6.45) is 0.0856. The van der Waals surface area contributed by atoms with E-state index in [9.17, 15) is 14.7 Å². The van der Waals surface area contributed by atoms with E-state index in [2.05, 4.69) is 27.7 Å². The van der Waals surface area contributed by atoms with Crippen LogP contribution in [0.4, 0.5) is 0 Å². The number of rotatable bonds is 5. The third-order valence-electron chi connectivity index (χ3n) is 11.2. The number of epoxide rings is 1. The number of hydrogen-bond acceptors (Lipinski definition) is 8. The number of hydrogen-bond donors (Lipinski definition) is 1. The largest absolute Gasteiger partial charge is 0.459 e. The van der Waals surface area contributed by atoms with Gasteiger partial charge in [-0.1, -0.05) is 64.1 Å².